The number of aryl methyl sites for hydroxylation is 2. The number of rotatable bonds is 5. The Hall–Kier alpha value is -1.40. The van der Waals surface area contributed by atoms with Crippen molar-refractivity contribution in [1.82, 2.24) is 14.7 Å². The third-order valence-electron chi connectivity index (χ3n) is 5.34. The molecule has 0 spiro atoms. The van der Waals surface area contributed by atoms with Gasteiger partial charge in [-0.2, -0.15) is 5.10 Å². The van der Waals surface area contributed by atoms with E-state index in [-0.39, 0.29) is 18.1 Å². The summed E-state index contributed by atoms with van der Waals surface area (Å²) >= 11 is 0. The minimum Gasteiger partial charge on any atom is -0.376 e. The molecule has 0 radical (unpaired) electrons. The number of amides is 1. The Bertz CT molecular complexity index is 593. The molecule has 3 atom stereocenters. The Morgan fingerprint density at radius 1 is 1.38 bits per heavy atom. The number of hydrogen-bond donors (Lipinski definition) is 0. The highest BCUT2D eigenvalue weighted by molar-refractivity contribution is 5.81. The molecule has 2 fully saturated rings. The average molecular weight is 335 g/mol. The van der Waals surface area contributed by atoms with E-state index >= 15 is 0 Å². The van der Waals surface area contributed by atoms with E-state index in [9.17, 15) is 4.79 Å². The Balaban J connectivity index is 1.66. The molecule has 1 aromatic rings. The molecule has 0 unspecified atom stereocenters. The van der Waals surface area contributed by atoms with E-state index in [1.165, 1.54) is 5.56 Å². The van der Waals surface area contributed by atoms with Gasteiger partial charge in [-0.1, -0.05) is 0 Å². The van der Waals surface area contributed by atoms with Crippen molar-refractivity contribution < 1.29 is 14.3 Å². The number of carbonyl (C=O) groups excluding carboxylic acids is 1. The molecule has 6 nitrogen and oxygen atoms in total. The van der Waals surface area contributed by atoms with Gasteiger partial charge in [-0.25, -0.2) is 0 Å². The van der Waals surface area contributed by atoms with E-state index < -0.39 is 6.10 Å². The number of likely N-dealkylation sites (tertiary alicyclic amines) is 1. The summed E-state index contributed by atoms with van der Waals surface area (Å²) in [6.45, 7) is 8.08. The van der Waals surface area contributed by atoms with Crippen molar-refractivity contribution in [3.63, 3.8) is 0 Å². The van der Waals surface area contributed by atoms with Gasteiger partial charge < -0.3 is 14.4 Å². The molecule has 3 rings (SSSR count). The zero-order valence-electron chi connectivity index (χ0n) is 15.2. The fourth-order valence-corrected chi connectivity index (χ4v) is 3.94. The first-order valence-corrected chi connectivity index (χ1v) is 9.02. The summed E-state index contributed by atoms with van der Waals surface area (Å²) in [4.78, 5) is 14.9. The molecule has 1 aromatic heterocycles. The van der Waals surface area contributed by atoms with E-state index in [4.69, 9.17) is 9.47 Å². The maximum Gasteiger partial charge on any atom is 0.251 e. The van der Waals surface area contributed by atoms with Gasteiger partial charge in [-0.15, -0.1) is 0 Å². The quantitative estimate of drug-likeness (QED) is 0.828. The van der Waals surface area contributed by atoms with Crippen molar-refractivity contribution in [2.45, 2.75) is 64.7 Å². The molecule has 6 heteroatoms. The summed E-state index contributed by atoms with van der Waals surface area (Å²) in [6.07, 6.45) is 3.87. The molecule has 134 valence electrons. The Morgan fingerprint density at radius 2 is 2.17 bits per heavy atom. The Morgan fingerprint density at radius 3 is 2.79 bits per heavy atom. The van der Waals surface area contributed by atoms with Gasteiger partial charge in [0.1, 0.15) is 6.10 Å². The van der Waals surface area contributed by atoms with Gasteiger partial charge in [-0.3, -0.25) is 9.48 Å². The van der Waals surface area contributed by atoms with E-state index in [1.54, 1.807) is 0 Å². The third kappa shape index (κ3) is 3.35. The number of aromatic nitrogens is 2. The maximum atomic E-state index is 12.9. The molecule has 1 amide bonds. The summed E-state index contributed by atoms with van der Waals surface area (Å²) in [6, 6.07) is 0.125. The largest absolute Gasteiger partial charge is 0.376 e. The smallest absolute Gasteiger partial charge is 0.251 e. The average Bonchev–Trinajstić information content (AvgIpc) is 3.27. The number of hydrogen-bond acceptors (Lipinski definition) is 4. The normalized spacial score (nSPS) is 25.4. The molecule has 24 heavy (non-hydrogen) atoms. The van der Waals surface area contributed by atoms with Crippen LogP contribution in [0.2, 0.25) is 0 Å². The highest BCUT2D eigenvalue weighted by Gasteiger charge is 2.35. The fraction of sp³-hybridized carbons (Fsp3) is 0.778. The number of ether oxygens (including phenoxy) is 2. The first-order chi connectivity index (χ1) is 11.5. The topological polar surface area (TPSA) is 56.6 Å². The van der Waals surface area contributed by atoms with Crippen LogP contribution in [0.4, 0.5) is 0 Å². The lowest BCUT2D eigenvalue weighted by Crippen LogP contribution is -2.39. The lowest BCUT2D eigenvalue weighted by molar-refractivity contribution is -0.145. The lowest BCUT2D eigenvalue weighted by atomic mass is 10.0. The predicted octanol–water partition coefficient (Wildman–Crippen LogP) is 2.28. The summed E-state index contributed by atoms with van der Waals surface area (Å²) in [5.41, 5.74) is 3.37. The van der Waals surface area contributed by atoms with Crippen molar-refractivity contribution in [3.05, 3.63) is 17.0 Å². The predicted molar refractivity (Wildman–Crippen MR) is 90.8 cm³/mol. The van der Waals surface area contributed by atoms with Gasteiger partial charge in [0.25, 0.3) is 5.91 Å². The monoisotopic (exact) mass is 335 g/mol. The van der Waals surface area contributed by atoms with E-state index in [0.29, 0.717) is 6.61 Å². The molecule has 2 aliphatic rings. The minimum absolute atomic E-state index is 0.0816. The van der Waals surface area contributed by atoms with Crippen molar-refractivity contribution >= 4 is 5.91 Å². The molecule has 3 heterocycles. The van der Waals surface area contributed by atoms with Gasteiger partial charge in [0, 0.05) is 31.5 Å². The number of carbonyl (C=O) groups is 1. The van der Waals surface area contributed by atoms with Crippen molar-refractivity contribution in [2.75, 3.05) is 19.8 Å². The molecule has 0 N–H and O–H groups in total. The molecule has 0 bridgehead atoms. The lowest BCUT2D eigenvalue weighted by Gasteiger charge is -2.28. The van der Waals surface area contributed by atoms with Gasteiger partial charge in [0.05, 0.1) is 24.4 Å². The molecule has 0 aromatic carbocycles. The van der Waals surface area contributed by atoms with Crippen LogP contribution in [0.5, 0.6) is 0 Å². The van der Waals surface area contributed by atoms with Crippen molar-refractivity contribution in [3.8, 4) is 0 Å². The first-order valence-electron chi connectivity index (χ1n) is 9.02. The summed E-state index contributed by atoms with van der Waals surface area (Å²) in [5, 5.41) is 4.51. The summed E-state index contributed by atoms with van der Waals surface area (Å²) in [5.74, 6) is 0.0816. The van der Waals surface area contributed by atoms with Gasteiger partial charge in [0.2, 0.25) is 0 Å². The maximum absolute atomic E-state index is 12.9. The fourth-order valence-electron chi connectivity index (χ4n) is 3.94. The molecule has 2 aliphatic heterocycles. The highest BCUT2D eigenvalue weighted by atomic mass is 16.5. The van der Waals surface area contributed by atoms with Gasteiger partial charge in [0.15, 0.2) is 0 Å². The van der Waals surface area contributed by atoms with Crippen LogP contribution in [0.15, 0.2) is 0 Å². The van der Waals surface area contributed by atoms with E-state index in [2.05, 4.69) is 12.0 Å². The first kappa shape index (κ1) is 17.4. The van der Waals surface area contributed by atoms with Crippen molar-refractivity contribution in [2.24, 2.45) is 7.05 Å². The molecule has 0 saturated carbocycles. The number of nitrogens with zero attached hydrogens (tertiary/aromatic N) is 3. The summed E-state index contributed by atoms with van der Waals surface area (Å²) < 4.78 is 13.3. The van der Waals surface area contributed by atoms with Crippen LogP contribution in [-0.4, -0.2) is 52.6 Å². The van der Waals surface area contributed by atoms with E-state index in [1.807, 2.05) is 30.5 Å². The van der Waals surface area contributed by atoms with Crippen LogP contribution in [0.1, 0.15) is 55.6 Å². The van der Waals surface area contributed by atoms with E-state index in [0.717, 1.165) is 50.2 Å². The standard InChI is InChI=1S/C18H29N3O3/c1-12-17(13(2)20(4)19-12)16-8-5-9-21(16)18(22)14(3)24-11-15-7-6-10-23-15/h14-16H,5-11H2,1-4H3/t14-,15+,16-/m0/s1. The molecule has 2 saturated heterocycles. The molecular formula is C18H29N3O3. The second-order valence-corrected chi connectivity index (χ2v) is 7.01. The second kappa shape index (κ2) is 7.23. The Kier molecular flexibility index (Phi) is 5.25. The van der Waals surface area contributed by atoms with Crippen LogP contribution in [-0.2, 0) is 21.3 Å². The molecule has 0 aliphatic carbocycles. The van der Waals surface area contributed by atoms with Crippen LogP contribution >= 0.6 is 0 Å². The SMILES string of the molecule is Cc1nn(C)c(C)c1[C@@H]1CCCN1C(=O)[C@H](C)OC[C@H]1CCCO1. The van der Waals surface area contributed by atoms with Crippen LogP contribution in [0.25, 0.3) is 0 Å². The van der Waals surface area contributed by atoms with Crippen LogP contribution in [0, 0.1) is 13.8 Å². The minimum atomic E-state index is -0.424. The zero-order chi connectivity index (χ0) is 17.3. The zero-order valence-corrected chi connectivity index (χ0v) is 15.2. The summed E-state index contributed by atoms with van der Waals surface area (Å²) in [7, 11) is 1.96. The third-order valence-corrected chi connectivity index (χ3v) is 5.34. The van der Waals surface area contributed by atoms with Crippen molar-refractivity contribution in [1.29, 1.82) is 0 Å². The van der Waals surface area contributed by atoms with Gasteiger partial charge in [-0.05, 0) is 46.5 Å². The van der Waals surface area contributed by atoms with Gasteiger partial charge >= 0.3 is 0 Å². The van der Waals surface area contributed by atoms with Crippen LogP contribution in [0.3, 0.4) is 0 Å². The van der Waals surface area contributed by atoms with Crippen LogP contribution < -0.4 is 0 Å². The second-order valence-electron chi connectivity index (χ2n) is 7.01. The highest BCUT2D eigenvalue weighted by Crippen LogP contribution is 2.36. The Labute approximate surface area is 144 Å². The molecular weight excluding hydrogens is 306 g/mol.